The zero-order valence-electron chi connectivity index (χ0n) is 8.30. The van der Waals surface area contributed by atoms with Crippen molar-refractivity contribution in [2.75, 3.05) is 0 Å². The number of rotatable bonds is 3. The van der Waals surface area contributed by atoms with Crippen LogP contribution in [-0.2, 0) is 12.8 Å². The first-order valence-corrected chi connectivity index (χ1v) is 5.65. The van der Waals surface area contributed by atoms with E-state index in [0.717, 1.165) is 22.0 Å². The van der Waals surface area contributed by atoms with E-state index in [4.69, 9.17) is 5.73 Å². The molecule has 3 nitrogen and oxygen atoms in total. The first-order chi connectivity index (χ1) is 6.61. The van der Waals surface area contributed by atoms with Crippen molar-refractivity contribution in [3.63, 3.8) is 0 Å². The predicted molar refractivity (Wildman–Crippen MR) is 64.2 cm³/mol. The third kappa shape index (κ3) is 2.05. The molecular weight excluding hydrogens is 291 g/mol. The van der Waals surface area contributed by atoms with Crippen LogP contribution in [0.5, 0.6) is 0 Å². The third-order valence-corrected chi connectivity index (χ3v) is 3.49. The maximum absolute atomic E-state index is 11.1. The average Bonchev–Trinajstić information content (AvgIpc) is 2.17. The minimum absolute atomic E-state index is 0.411. The molecule has 0 bridgehead atoms. The van der Waals surface area contributed by atoms with E-state index in [1.807, 2.05) is 6.92 Å². The second kappa shape index (κ2) is 4.72. The summed E-state index contributed by atoms with van der Waals surface area (Å²) < 4.78 is 1.12. The molecule has 1 aromatic heterocycles. The van der Waals surface area contributed by atoms with Gasteiger partial charge < -0.3 is 5.73 Å². The van der Waals surface area contributed by atoms with Gasteiger partial charge in [-0.25, -0.2) is 0 Å². The number of carbonyl (C=O) groups excluding carboxylic acids is 1. The Balaban J connectivity index is 3.35. The molecule has 0 spiro atoms. The number of primary amides is 1. The number of hydrogen-bond donors (Lipinski definition) is 1. The van der Waals surface area contributed by atoms with Crippen molar-refractivity contribution < 1.29 is 4.79 Å². The van der Waals surface area contributed by atoms with Crippen molar-refractivity contribution in [3.05, 3.63) is 26.6 Å². The van der Waals surface area contributed by atoms with Gasteiger partial charge in [0, 0.05) is 9.77 Å². The van der Waals surface area contributed by atoms with E-state index in [-0.39, 0.29) is 0 Å². The van der Waals surface area contributed by atoms with E-state index >= 15 is 0 Å². The molecule has 1 amide bonds. The molecule has 0 unspecified atom stereocenters. The van der Waals surface area contributed by atoms with Crippen molar-refractivity contribution in [1.29, 1.82) is 0 Å². The van der Waals surface area contributed by atoms with Crippen LogP contribution < -0.4 is 5.73 Å². The zero-order valence-corrected chi connectivity index (χ0v) is 10.5. The topological polar surface area (TPSA) is 56.0 Å². The van der Waals surface area contributed by atoms with E-state index in [1.54, 1.807) is 6.20 Å². The smallest absolute Gasteiger partial charge is 0.267 e. The van der Waals surface area contributed by atoms with Crippen molar-refractivity contribution in [2.24, 2.45) is 5.73 Å². The quantitative estimate of drug-likeness (QED) is 0.867. The van der Waals surface area contributed by atoms with Crippen LogP contribution in [0.25, 0.3) is 0 Å². The van der Waals surface area contributed by atoms with Crippen molar-refractivity contribution in [2.45, 2.75) is 26.7 Å². The summed E-state index contributed by atoms with van der Waals surface area (Å²) in [7, 11) is 0. The second-order valence-corrected chi connectivity index (χ2v) is 4.07. The Bertz CT molecular complexity index is 363. The lowest BCUT2D eigenvalue weighted by Gasteiger charge is -2.09. The minimum atomic E-state index is -0.442. The van der Waals surface area contributed by atoms with Crippen LogP contribution in [0.4, 0.5) is 0 Å². The normalized spacial score (nSPS) is 10.2. The Morgan fingerprint density at radius 3 is 2.57 bits per heavy atom. The predicted octanol–water partition coefficient (Wildman–Crippen LogP) is 1.91. The van der Waals surface area contributed by atoms with E-state index in [0.29, 0.717) is 5.69 Å². The average molecular weight is 304 g/mol. The monoisotopic (exact) mass is 304 g/mol. The third-order valence-electron chi connectivity index (χ3n) is 2.15. The fourth-order valence-corrected chi connectivity index (χ4v) is 2.51. The van der Waals surface area contributed by atoms with Gasteiger partial charge in [-0.1, -0.05) is 13.8 Å². The number of carbonyl (C=O) groups is 1. The van der Waals surface area contributed by atoms with Gasteiger partial charge >= 0.3 is 0 Å². The van der Waals surface area contributed by atoms with Crippen molar-refractivity contribution in [3.8, 4) is 0 Å². The van der Waals surface area contributed by atoms with Gasteiger partial charge in [-0.05, 0) is 46.6 Å². The molecule has 4 heteroatoms. The van der Waals surface area contributed by atoms with Gasteiger partial charge in [0.1, 0.15) is 5.69 Å². The van der Waals surface area contributed by atoms with Gasteiger partial charge in [-0.3, -0.25) is 9.78 Å². The molecule has 0 aromatic carbocycles. The lowest BCUT2D eigenvalue weighted by Crippen LogP contribution is -2.17. The summed E-state index contributed by atoms with van der Waals surface area (Å²) in [6.45, 7) is 4.08. The fourth-order valence-electron chi connectivity index (χ4n) is 1.36. The van der Waals surface area contributed by atoms with Gasteiger partial charge in [0.15, 0.2) is 0 Å². The Labute approximate surface area is 97.2 Å². The number of hydrogen-bond acceptors (Lipinski definition) is 2. The molecule has 0 aliphatic heterocycles. The van der Waals surface area contributed by atoms with Gasteiger partial charge in [0.05, 0.1) is 0 Å². The molecule has 1 rings (SSSR count). The van der Waals surface area contributed by atoms with Crippen LogP contribution in [0.1, 0.15) is 35.5 Å². The second-order valence-electron chi connectivity index (χ2n) is 3.00. The van der Waals surface area contributed by atoms with Crippen LogP contribution in [-0.4, -0.2) is 10.9 Å². The summed E-state index contributed by atoms with van der Waals surface area (Å²) >= 11 is 2.25. The Hall–Kier alpha value is -0.650. The highest BCUT2D eigenvalue weighted by Gasteiger charge is 2.13. The fraction of sp³-hybridized carbons (Fsp3) is 0.400. The highest BCUT2D eigenvalue weighted by molar-refractivity contribution is 14.1. The van der Waals surface area contributed by atoms with Crippen molar-refractivity contribution in [1.82, 2.24) is 4.98 Å². The summed E-state index contributed by atoms with van der Waals surface area (Å²) in [5.41, 5.74) is 7.80. The molecule has 1 aromatic rings. The number of nitrogens with zero attached hydrogens (tertiary/aromatic N) is 1. The molecule has 76 valence electrons. The SMILES string of the molecule is CCc1cnc(C(N)=O)c(CC)c1I. The Kier molecular flexibility index (Phi) is 3.86. The van der Waals surface area contributed by atoms with E-state index < -0.39 is 5.91 Å². The van der Waals surface area contributed by atoms with Gasteiger partial charge in [-0.2, -0.15) is 0 Å². The first kappa shape index (κ1) is 11.4. The van der Waals surface area contributed by atoms with Crippen LogP contribution in [0.2, 0.25) is 0 Å². The van der Waals surface area contributed by atoms with E-state index in [1.165, 1.54) is 5.56 Å². The molecule has 14 heavy (non-hydrogen) atoms. The lowest BCUT2D eigenvalue weighted by atomic mass is 10.1. The number of aryl methyl sites for hydroxylation is 1. The summed E-state index contributed by atoms with van der Waals surface area (Å²) in [6.07, 6.45) is 3.45. The molecule has 0 aliphatic carbocycles. The standard InChI is InChI=1S/C10H13IN2O/c1-3-6-5-13-9(10(12)14)7(4-2)8(6)11/h5H,3-4H2,1-2H3,(H2,12,14). The number of aromatic nitrogens is 1. The molecule has 2 N–H and O–H groups in total. The minimum Gasteiger partial charge on any atom is -0.364 e. The molecule has 0 atom stereocenters. The molecule has 0 radical (unpaired) electrons. The molecular formula is C10H13IN2O. The number of pyridine rings is 1. The highest BCUT2D eigenvalue weighted by Crippen LogP contribution is 2.20. The first-order valence-electron chi connectivity index (χ1n) is 4.57. The number of halogens is 1. The Morgan fingerprint density at radius 1 is 1.50 bits per heavy atom. The zero-order chi connectivity index (χ0) is 10.7. The van der Waals surface area contributed by atoms with Crippen LogP contribution >= 0.6 is 22.6 Å². The summed E-state index contributed by atoms with van der Waals surface area (Å²) in [5, 5.41) is 0. The van der Waals surface area contributed by atoms with Crippen LogP contribution in [0.15, 0.2) is 6.20 Å². The maximum atomic E-state index is 11.1. The van der Waals surface area contributed by atoms with E-state index in [9.17, 15) is 4.79 Å². The summed E-state index contributed by atoms with van der Waals surface area (Å²) in [5.74, 6) is -0.442. The highest BCUT2D eigenvalue weighted by atomic mass is 127. The number of nitrogens with two attached hydrogens (primary N) is 1. The van der Waals surface area contributed by atoms with Crippen LogP contribution in [0, 0.1) is 3.57 Å². The number of amides is 1. The lowest BCUT2D eigenvalue weighted by molar-refractivity contribution is 0.0994. The van der Waals surface area contributed by atoms with Gasteiger partial charge in [0.2, 0.25) is 0 Å². The van der Waals surface area contributed by atoms with Crippen LogP contribution in [0.3, 0.4) is 0 Å². The summed E-state index contributed by atoms with van der Waals surface area (Å²) in [4.78, 5) is 15.2. The molecule has 0 aliphatic rings. The maximum Gasteiger partial charge on any atom is 0.267 e. The molecule has 0 saturated heterocycles. The van der Waals surface area contributed by atoms with Gasteiger partial charge in [-0.15, -0.1) is 0 Å². The van der Waals surface area contributed by atoms with Crippen molar-refractivity contribution >= 4 is 28.5 Å². The van der Waals surface area contributed by atoms with E-state index in [2.05, 4.69) is 34.5 Å². The summed E-state index contributed by atoms with van der Waals surface area (Å²) in [6, 6.07) is 0. The molecule has 1 heterocycles. The largest absolute Gasteiger partial charge is 0.364 e. The molecule has 0 saturated carbocycles. The Morgan fingerprint density at radius 2 is 2.14 bits per heavy atom. The van der Waals surface area contributed by atoms with Gasteiger partial charge in [0.25, 0.3) is 5.91 Å². The molecule has 0 fully saturated rings.